The van der Waals surface area contributed by atoms with E-state index in [2.05, 4.69) is 6.92 Å². The Morgan fingerprint density at radius 1 is 0.750 bits per heavy atom. The van der Waals surface area contributed by atoms with Crippen LogP contribution in [0, 0.1) is 5.92 Å². The summed E-state index contributed by atoms with van der Waals surface area (Å²) < 4.78 is 0. The first-order valence-corrected chi connectivity index (χ1v) is 7.43. The van der Waals surface area contributed by atoms with E-state index in [9.17, 15) is 0 Å². The van der Waals surface area contributed by atoms with Crippen LogP contribution in [0.15, 0.2) is 0 Å². The molecule has 0 unspecified atom stereocenters. The maximum Gasteiger partial charge on any atom is 0 e. The molecule has 0 nitrogen and oxygen atoms in total. The Bertz CT molecular complexity index is 116. The average Bonchev–Trinajstić information content (AvgIpc) is 2.94. The summed E-state index contributed by atoms with van der Waals surface area (Å²) in [6.45, 7) is 2.29. The molecule has 0 radical (unpaired) electrons. The van der Waals surface area contributed by atoms with Crippen molar-refractivity contribution >= 4 is 0 Å². The van der Waals surface area contributed by atoms with E-state index in [4.69, 9.17) is 0 Å². The molecule has 0 atom stereocenters. The molecule has 2 saturated carbocycles. The van der Waals surface area contributed by atoms with E-state index < -0.39 is 0 Å². The minimum Gasteiger partial charge on any atom is -0.0654 e. The summed E-state index contributed by atoms with van der Waals surface area (Å²) >= 11 is 0. The third kappa shape index (κ3) is 8.74. The van der Waals surface area contributed by atoms with Gasteiger partial charge in [0.15, 0.2) is 0 Å². The fourth-order valence-electron chi connectivity index (χ4n) is 2.87. The van der Waals surface area contributed by atoms with Gasteiger partial charge in [0.25, 0.3) is 0 Å². The van der Waals surface area contributed by atoms with Gasteiger partial charge in [0.1, 0.15) is 0 Å². The number of hydrogen-bond donors (Lipinski definition) is 0. The zero-order valence-corrected chi connectivity index (χ0v) is 12.9. The predicted octanol–water partition coefficient (Wildman–Crippen LogP) is 5.70. The normalized spacial score (nSPS) is 20.1. The molecule has 0 aliphatic heterocycles. The zero-order chi connectivity index (χ0) is 10.8. The van der Waals surface area contributed by atoms with Gasteiger partial charge >= 0.3 is 0 Å². The predicted molar refractivity (Wildman–Crippen MR) is 69.2 cm³/mol. The van der Waals surface area contributed by atoms with Crippen LogP contribution in [0.4, 0.5) is 0 Å². The Morgan fingerprint density at radius 2 is 1.25 bits per heavy atom. The summed E-state index contributed by atoms with van der Waals surface area (Å²) in [5.41, 5.74) is 0. The van der Waals surface area contributed by atoms with Crippen LogP contribution < -0.4 is 0 Å². The molecule has 0 aromatic carbocycles. The summed E-state index contributed by atoms with van der Waals surface area (Å²) in [4.78, 5) is 0. The molecule has 0 bridgehead atoms. The fourth-order valence-corrected chi connectivity index (χ4v) is 2.87. The average molecular weight is 311 g/mol. The van der Waals surface area contributed by atoms with Crippen molar-refractivity contribution in [3.05, 3.63) is 0 Å². The SMILES string of the molecule is C1CCCC1.CCCCCC1CCCC1.[Ru]. The molecule has 2 fully saturated rings. The molecule has 0 aromatic heterocycles. The molecule has 0 amide bonds. The number of rotatable bonds is 4. The van der Waals surface area contributed by atoms with Crippen LogP contribution in [0.3, 0.4) is 0 Å². The fraction of sp³-hybridized carbons (Fsp3) is 1.00. The van der Waals surface area contributed by atoms with Crippen molar-refractivity contribution in [3.63, 3.8) is 0 Å². The van der Waals surface area contributed by atoms with Crippen molar-refractivity contribution in [1.29, 1.82) is 0 Å². The molecule has 2 aliphatic carbocycles. The largest absolute Gasteiger partial charge is 0.0654 e. The van der Waals surface area contributed by atoms with Crippen LogP contribution in [-0.4, -0.2) is 0 Å². The molecule has 2 aliphatic rings. The van der Waals surface area contributed by atoms with Gasteiger partial charge in [-0.2, -0.15) is 0 Å². The van der Waals surface area contributed by atoms with Gasteiger partial charge < -0.3 is 0 Å². The van der Waals surface area contributed by atoms with Crippen LogP contribution >= 0.6 is 0 Å². The van der Waals surface area contributed by atoms with E-state index in [-0.39, 0.29) is 19.5 Å². The van der Waals surface area contributed by atoms with Gasteiger partial charge in [-0.15, -0.1) is 0 Å². The van der Waals surface area contributed by atoms with Crippen LogP contribution in [0.1, 0.15) is 90.4 Å². The Labute approximate surface area is 116 Å². The Kier molecular flexibility index (Phi) is 12.6. The van der Waals surface area contributed by atoms with Gasteiger partial charge in [-0.1, -0.05) is 90.4 Å². The molecule has 1 heteroatoms. The third-order valence-electron chi connectivity index (χ3n) is 3.94. The van der Waals surface area contributed by atoms with Crippen molar-refractivity contribution in [3.8, 4) is 0 Å². The third-order valence-corrected chi connectivity index (χ3v) is 3.94. The summed E-state index contributed by atoms with van der Waals surface area (Å²) in [5.74, 6) is 1.12. The minimum absolute atomic E-state index is 0. The summed E-state index contributed by atoms with van der Waals surface area (Å²) in [6, 6.07) is 0. The second kappa shape index (κ2) is 12.1. The molecule has 0 heterocycles. The van der Waals surface area contributed by atoms with Gasteiger partial charge in [-0.05, 0) is 5.92 Å². The molecule has 0 saturated heterocycles. The van der Waals surface area contributed by atoms with E-state index in [0.717, 1.165) is 5.92 Å². The smallest absolute Gasteiger partial charge is 0 e. The molecule has 98 valence electrons. The standard InChI is InChI=1S/C10H20.C5H10.Ru/c1-2-3-4-7-10-8-5-6-9-10;1-2-4-5-3-1;/h10H,2-9H2,1H3;1-5H2;. The molecule has 0 spiro atoms. The van der Waals surface area contributed by atoms with Crippen molar-refractivity contribution in [1.82, 2.24) is 0 Å². The zero-order valence-electron chi connectivity index (χ0n) is 11.1. The molecular weight excluding hydrogens is 281 g/mol. The number of unbranched alkanes of at least 4 members (excludes halogenated alkanes) is 2. The van der Waals surface area contributed by atoms with Crippen molar-refractivity contribution in [2.24, 2.45) is 5.92 Å². The first-order valence-electron chi connectivity index (χ1n) is 7.43. The molecule has 16 heavy (non-hydrogen) atoms. The van der Waals surface area contributed by atoms with E-state index in [1.165, 1.54) is 83.5 Å². The van der Waals surface area contributed by atoms with E-state index >= 15 is 0 Å². The summed E-state index contributed by atoms with van der Waals surface area (Å²) in [7, 11) is 0. The van der Waals surface area contributed by atoms with E-state index in [1.54, 1.807) is 0 Å². The van der Waals surface area contributed by atoms with Crippen LogP contribution in [0.5, 0.6) is 0 Å². The van der Waals surface area contributed by atoms with Gasteiger partial charge in [-0.3, -0.25) is 0 Å². The van der Waals surface area contributed by atoms with Crippen LogP contribution in [0.2, 0.25) is 0 Å². The van der Waals surface area contributed by atoms with Gasteiger partial charge in [0.05, 0.1) is 0 Å². The second-order valence-corrected chi connectivity index (χ2v) is 5.41. The molecular formula is C15H30Ru. The maximum absolute atomic E-state index is 2.29. The van der Waals surface area contributed by atoms with Gasteiger partial charge in [0.2, 0.25) is 0 Å². The monoisotopic (exact) mass is 312 g/mol. The Hall–Kier alpha value is 0.623. The quantitative estimate of drug-likeness (QED) is 0.461. The number of hydrogen-bond acceptors (Lipinski definition) is 0. The Morgan fingerprint density at radius 3 is 1.69 bits per heavy atom. The molecule has 0 aromatic rings. The molecule has 2 rings (SSSR count). The second-order valence-electron chi connectivity index (χ2n) is 5.41. The first-order chi connectivity index (χ1) is 7.43. The van der Waals surface area contributed by atoms with Gasteiger partial charge in [-0.25, -0.2) is 0 Å². The summed E-state index contributed by atoms with van der Waals surface area (Å²) in [6.07, 6.45) is 19.4. The van der Waals surface area contributed by atoms with Gasteiger partial charge in [0, 0.05) is 19.5 Å². The van der Waals surface area contributed by atoms with Crippen LogP contribution in [0.25, 0.3) is 0 Å². The maximum atomic E-state index is 2.29. The van der Waals surface area contributed by atoms with E-state index in [0.29, 0.717) is 0 Å². The first kappa shape index (κ1) is 16.6. The van der Waals surface area contributed by atoms with Crippen LogP contribution in [-0.2, 0) is 19.5 Å². The van der Waals surface area contributed by atoms with E-state index in [1.807, 2.05) is 0 Å². The summed E-state index contributed by atoms with van der Waals surface area (Å²) in [5, 5.41) is 0. The Balaban J connectivity index is 0.000000318. The molecule has 0 N–H and O–H groups in total. The van der Waals surface area contributed by atoms with Crippen molar-refractivity contribution in [2.75, 3.05) is 0 Å². The topological polar surface area (TPSA) is 0 Å². The minimum atomic E-state index is 0. The van der Waals surface area contributed by atoms with Crippen molar-refractivity contribution < 1.29 is 19.5 Å². The van der Waals surface area contributed by atoms with Crippen molar-refractivity contribution in [2.45, 2.75) is 90.4 Å².